The van der Waals surface area contributed by atoms with E-state index in [0.29, 0.717) is 5.15 Å². The number of benzene rings is 1. The normalized spacial score (nSPS) is 10.3. The largest absolute Gasteiger partial charge is 0.236 e. The van der Waals surface area contributed by atoms with Gasteiger partial charge in [-0.15, -0.1) is 11.7 Å². The Hall–Kier alpha value is -0.640. The first-order valence-corrected chi connectivity index (χ1v) is 6.59. The molecule has 0 N–H and O–H groups in total. The van der Waals surface area contributed by atoms with Crippen molar-refractivity contribution in [1.82, 2.24) is 4.98 Å². The van der Waals surface area contributed by atoms with Crippen LogP contribution in [0.25, 0.3) is 11.3 Å². The summed E-state index contributed by atoms with van der Waals surface area (Å²) in [5, 5.41) is 0.514. The second-order valence-corrected chi connectivity index (χ2v) is 4.55. The quantitative estimate of drug-likeness (QED) is 0.486. The SMILES string of the molecule is SSc1ccc(-c2cccc(Cl)n2)cc1. The Morgan fingerprint density at radius 3 is 2.40 bits per heavy atom. The van der Waals surface area contributed by atoms with Crippen LogP contribution in [0.15, 0.2) is 47.4 Å². The van der Waals surface area contributed by atoms with Crippen molar-refractivity contribution in [2.24, 2.45) is 0 Å². The lowest BCUT2D eigenvalue weighted by Crippen LogP contribution is -1.82. The standard InChI is InChI=1S/C11H8ClNS2/c12-11-3-1-2-10(13-11)8-4-6-9(15-14)7-5-8/h1-7,14H. The van der Waals surface area contributed by atoms with Crippen LogP contribution in [-0.4, -0.2) is 4.98 Å². The van der Waals surface area contributed by atoms with Gasteiger partial charge in [-0.1, -0.05) is 40.6 Å². The number of pyridine rings is 1. The third-order valence-corrected chi connectivity index (χ3v) is 3.30. The molecule has 0 aliphatic rings. The maximum Gasteiger partial charge on any atom is 0.129 e. The van der Waals surface area contributed by atoms with Gasteiger partial charge in [-0.3, -0.25) is 0 Å². The van der Waals surface area contributed by atoms with E-state index in [0.717, 1.165) is 16.2 Å². The molecule has 2 aromatic rings. The highest BCUT2D eigenvalue weighted by Gasteiger charge is 1.99. The molecule has 0 unspecified atom stereocenters. The fourth-order valence-corrected chi connectivity index (χ4v) is 2.04. The van der Waals surface area contributed by atoms with Crippen LogP contribution in [-0.2, 0) is 0 Å². The third-order valence-electron chi connectivity index (χ3n) is 1.97. The molecule has 76 valence electrons. The number of rotatable bonds is 2. The molecule has 0 amide bonds. The summed E-state index contributed by atoms with van der Waals surface area (Å²) in [6.45, 7) is 0. The minimum Gasteiger partial charge on any atom is -0.236 e. The zero-order chi connectivity index (χ0) is 10.7. The Balaban J connectivity index is 2.37. The highest BCUT2D eigenvalue weighted by Crippen LogP contribution is 2.25. The van der Waals surface area contributed by atoms with E-state index >= 15 is 0 Å². The van der Waals surface area contributed by atoms with Crippen LogP contribution in [0.5, 0.6) is 0 Å². The van der Waals surface area contributed by atoms with E-state index in [1.165, 1.54) is 10.8 Å². The van der Waals surface area contributed by atoms with Crippen molar-refractivity contribution in [3.8, 4) is 11.3 Å². The van der Waals surface area contributed by atoms with E-state index in [2.05, 4.69) is 16.6 Å². The molecule has 4 heteroatoms. The molecule has 0 spiro atoms. The summed E-state index contributed by atoms with van der Waals surface area (Å²) in [6.07, 6.45) is 0. The van der Waals surface area contributed by atoms with Gasteiger partial charge in [0.25, 0.3) is 0 Å². The number of hydrogen-bond donors (Lipinski definition) is 1. The van der Waals surface area contributed by atoms with Gasteiger partial charge in [-0.05, 0) is 24.3 Å². The molecule has 1 heterocycles. The lowest BCUT2D eigenvalue weighted by atomic mass is 10.1. The number of hydrogen-bond acceptors (Lipinski definition) is 3. The lowest BCUT2D eigenvalue weighted by molar-refractivity contribution is 1.32. The Morgan fingerprint density at radius 2 is 1.80 bits per heavy atom. The molecule has 0 atom stereocenters. The highest BCUT2D eigenvalue weighted by molar-refractivity contribution is 8.68. The average Bonchev–Trinajstić information content (AvgIpc) is 2.29. The Bertz CT molecular complexity index is 456. The summed E-state index contributed by atoms with van der Waals surface area (Å²) >= 11 is 9.95. The van der Waals surface area contributed by atoms with Gasteiger partial charge in [0.05, 0.1) is 5.69 Å². The van der Waals surface area contributed by atoms with E-state index in [1.807, 2.05) is 36.4 Å². The van der Waals surface area contributed by atoms with E-state index < -0.39 is 0 Å². The van der Waals surface area contributed by atoms with Crippen LogP contribution < -0.4 is 0 Å². The van der Waals surface area contributed by atoms with Crippen molar-refractivity contribution in [3.05, 3.63) is 47.6 Å². The fraction of sp³-hybridized carbons (Fsp3) is 0. The zero-order valence-corrected chi connectivity index (χ0v) is 10.2. The maximum atomic E-state index is 5.83. The maximum absolute atomic E-state index is 5.83. The minimum absolute atomic E-state index is 0.514. The van der Waals surface area contributed by atoms with Gasteiger partial charge >= 0.3 is 0 Å². The number of thiol groups is 1. The smallest absolute Gasteiger partial charge is 0.129 e. The van der Waals surface area contributed by atoms with Crippen LogP contribution in [0.3, 0.4) is 0 Å². The predicted molar refractivity (Wildman–Crippen MR) is 69.5 cm³/mol. The van der Waals surface area contributed by atoms with Gasteiger partial charge in [0.1, 0.15) is 5.15 Å². The predicted octanol–water partition coefficient (Wildman–Crippen LogP) is 4.34. The minimum atomic E-state index is 0.514. The van der Waals surface area contributed by atoms with Gasteiger partial charge in [0.15, 0.2) is 0 Å². The first kappa shape index (κ1) is 10.9. The van der Waals surface area contributed by atoms with Crippen LogP contribution in [0, 0.1) is 0 Å². The summed E-state index contributed by atoms with van der Waals surface area (Å²) in [5.74, 6) is 0. The van der Waals surface area contributed by atoms with Gasteiger partial charge in [0.2, 0.25) is 0 Å². The second kappa shape index (κ2) is 4.92. The van der Waals surface area contributed by atoms with Crippen LogP contribution in [0.1, 0.15) is 0 Å². The van der Waals surface area contributed by atoms with Gasteiger partial charge in [-0.25, -0.2) is 4.98 Å². The summed E-state index contributed by atoms with van der Waals surface area (Å²) in [4.78, 5) is 5.35. The Labute approximate surface area is 103 Å². The highest BCUT2D eigenvalue weighted by atomic mass is 35.5. The van der Waals surface area contributed by atoms with E-state index in [9.17, 15) is 0 Å². The molecule has 1 aromatic carbocycles. The monoisotopic (exact) mass is 253 g/mol. The topological polar surface area (TPSA) is 12.9 Å². The van der Waals surface area contributed by atoms with Gasteiger partial charge in [0, 0.05) is 10.5 Å². The zero-order valence-electron chi connectivity index (χ0n) is 7.72. The van der Waals surface area contributed by atoms with E-state index in [-0.39, 0.29) is 0 Å². The molecule has 15 heavy (non-hydrogen) atoms. The lowest BCUT2D eigenvalue weighted by Gasteiger charge is -2.01. The molecule has 0 bridgehead atoms. The first-order valence-electron chi connectivity index (χ1n) is 4.34. The molecule has 0 saturated carbocycles. The number of halogens is 1. The first-order chi connectivity index (χ1) is 7.29. The molecule has 1 nitrogen and oxygen atoms in total. The molecular formula is C11H8ClNS2. The second-order valence-electron chi connectivity index (χ2n) is 2.96. The van der Waals surface area contributed by atoms with Crippen molar-refractivity contribution in [2.75, 3.05) is 0 Å². The Morgan fingerprint density at radius 1 is 1.07 bits per heavy atom. The van der Waals surface area contributed by atoms with Crippen LogP contribution in [0.4, 0.5) is 0 Å². The summed E-state index contributed by atoms with van der Waals surface area (Å²) < 4.78 is 0. The summed E-state index contributed by atoms with van der Waals surface area (Å²) in [5.41, 5.74) is 1.95. The molecule has 0 aliphatic carbocycles. The number of nitrogens with zero attached hydrogens (tertiary/aromatic N) is 1. The van der Waals surface area contributed by atoms with Crippen molar-refractivity contribution in [1.29, 1.82) is 0 Å². The van der Waals surface area contributed by atoms with Crippen molar-refractivity contribution in [2.45, 2.75) is 4.90 Å². The van der Waals surface area contributed by atoms with Crippen molar-refractivity contribution < 1.29 is 0 Å². The van der Waals surface area contributed by atoms with Crippen molar-refractivity contribution in [3.63, 3.8) is 0 Å². The molecule has 1 aromatic heterocycles. The molecule has 0 fully saturated rings. The Kier molecular flexibility index (Phi) is 3.57. The summed E-state index contributed by atoms with van der Waals surface area (Å²) in [7, 11) is 1.42. The molecule has 0 aliphatic heterocycles. The molecule has 0 radical (unpaired) electrons. The van der Waals surface area contributed by atoms with E-state index in [4.69, 9.17) is 11.6 Å². The van der Waals surface area contributed by atoms with Crippen LogP contribution in [0.2, 0.25) is 5.15 Å². The fourth-order valence-electron chi connectivity index (χ4n) is 1.26. The van der Waals surface area contributed by atoms with Gasteiger partial charge < -0.3 is 0 Å². The molecule has 2 rings (SSSR count). The summed E-state index contributed by atoms with van der Waals surface area (Å²) in [6, 6.07) is 13.6. The molecular weight excluding hydrogens is 246 g/mol. The van der Waals surface area contributed by atoms with E-state index in [1.54, 1.807) is 6.07 Å². The van der Waals surface area contributed by atoms with Gasteiger partial charge in [-0.2, -0.15) is 0 Å². The van der Waals surface area contributed by atoms with Crippen LogP contribution >= 0.6 is 34.1 Å². The third kappa shape index (κ3) is 2.68. The van der Waals surface area contributed by atoms with Crippen molar-refractivity contribution >= 4 is 34.1 Å². The average molecular weight is 254 g/mol. The number of aromatic nitrogens is 1. The molecule has 0 saturated heterocycles.